The van der Waals surface area contributed by atoms with E-state index in [1.165, 1.54) is 18.6 Å². The number of ether oxygens (including phenoxy) is 1. The fraction of sp³-hybridized carbons (Fsp3) is 0.742. The number of carbonyl (C=O) groups is 4. The average Bonchev–Trinajstić information content (AvgIpc) is 3.50. The third-order valence-corrected chi connectivity index (χ3v) is 8.71. The molecule has 10 nitrogen and oxygen atoms in total. The van der Waals surface area contributed by atoms with E-state index in [1.807, 2.05) is 41.5 Å². The molecule has 3 amide bonds. The van der Waals surface area contributed by atoms with Crippen LogP contribution >= 0.6 is 0 Å². The molecule has 1 aromatic rings. The van der Waals surface area contributed by atoms with Crippen LogP contribution in [-0.2, 0) is 19.1 Å². The van der Waals surface area contributed by atoms with Gasteiger partial charge in [-0.1, -0.05) is 46.5 Å². The molecule has 10 heteroatoms. The number of nitrogens with one attached hydrogen (secondary N) is 2. The quantitative estimate of drug-likeness (QED) is 0.479. The van der Waals surface area contributed by atoms with E-state index in [-0.39, 0.29) is 35.3 Å². The van der Waals surface area contributed by atoms with Crippen molar-refractivity contribution in [2.75, 3.05) is 6.54 Å². The number of esters is 1. The van der Waals surface area contributed by atoms with Gasteiger partial charge in [-0.25, -0.2) is 9.78 Å². The van der Waals surface area contributed by atoms with Crippen LogP contribution in [0.25, 0.3) is 0 Å². The summed E-state index contributed by atoms with van der Waals surface area (Å²) in [4.78, 5) is 64.4. The number of fused-ring (bicyclic) bond motifs is 1. The number of nitrogens with zero attached hydrogens (tertiary/aromatic N) is 3. The largest absolute Gasteiger partial charge is 0.458 e. The van der Waals surface area contributed by atoms with E-state index < -0.39 is 41.0 Å². The topological polar surface area (TPSA) is 131 Å². The lowest BCUT2D eigenvalue weighted by atomic mass is 9.82. The van der Waals surface area contributed by atoms with E-state index in [4.69, 9.17) is 4.74 Å². The predicted molar refractivity (Wildman–Crippen MR) is 153 cm³/mol. The highest BCUT2D eigenvalue weighted by Crippen LogP contribution is 2.43. The Hall–Kier alpha value is -3.04. The van der Waals surface area contributed by atoms with Crippen molar-refractivity contribution >= 4 is 23.7 Å². The first-order valence-corrected chi connectivity index (χ1v) is 15.2. The minimum absolute atomic E-state index is 0.0549. The molecule has 226 valence electrons. The van der Waals surface area contributed by atoms with Gasteiger partial charge in [-0.2, -0.15) is 0 Å². The maximum atomic E-state index is 14.3. The molecule has 2 heterocycles. The molecule has 0 aromatic carbocycles. The van der Waals surface area contributed by atoms with Crippen LogP contribution in [0.2, 0.25) is 0 Å². The zero-order valence-corrected chi connectivity index (χ0v) is 25.4. The zero-order valence-electron chi connectivity index (χ0n) is 25.4. The van der Waals surface area contributed by atoms with E-state index in [1.54, 1.807) is 4.90 Å². The maximum absolute atomic E-state index is 14.3. The molecular weight excluding hydrogens is 522 g/mol. The second-order valence-corrected chi connectivity index (χ2v) is 14.1. The number of rotatable bonds is 7. The van der Waals surface area contributed by atoms with E-state index in [9.17, 15) is 19.2 Å². The Morgan fingerprint density at radius 3 is 2.24 bits per heavy atom. The smallest absolute Gasteiger partial charge is 0.329 e. The number of carbonyl (C=O) groups excluding carboxylic acids is 4. The van der Waals surface area contributed by atoms with Crippen LogP contribution in [-0.4, -0.2) is 68.8 Å². The van der Waals surface area contributed by atoms with Gasteiger partial charge in [-0.05, 0) is 69.6 Å². The van der Waals surface area contributed by atoms with Gasteiger partial charge in [0.1, 0.15) is 29.4 Å². The predicted octanol–water partition coefficient (Wildman–Crippen LogP) is 3.66. The molecule has 1 aliphatic heterocycles. The zero-order chi connectivity index (χ0) is 29.9. The summed E-state index contributed by atoms with van der Waals surface area (Å²) in [5.41, 5.74) is -1.18. The Morgan fingerprint density at radius 2 is 1.63 bits per heavy atom. The molecular formula is C31H47N5O5. The normalized spacial score (nSPS) is 24.7. The van der Waals surface area contributed by atoms with Crippen molar-refractivity contribution in [3.05, 3.63) is 24.3 Å². The highest BCUT2D eigenvalue weighted by Gasteiger charge is 2.53. The molecule has 5 atom stereocenters. The summed E-state index contributed by atoms with van der Waals surface area (Å²) in [5.74, 6) is -1.27. The summed E-state index contributed by atoms with van der Waals surface area (Å²) in [6.45, 7) is 11.7. The van der Waals surface area contributed by atoms with Gasteiger partial charge in [-0.15, -0.1) is 0 Å². The van der Waals surface area contributed by atoms with Crippen LogP contribution in [0.3, 0.4) is 0 Å². The van der Waals surface area contributed by atoms with Gasteiger partial charge >= 0.3 is 5.97 Å². The number of hydrogen-bond donors (Lipinski definition) is 2. The molecule has 0 bridgehead atoms. The number of amides is 3. The van der Waals surface area contributed by atoms with Gasteiger partial charge in [0.15, 0.2) is 0 Å². The molecule has 1 aromatic heterocycles. The Kier molecular flexibility index (Phi) is 9.39. The summed E-state index contributed by atoms with van der Waals surface area (Å²) in [7, 11) is 0. The number of aromatic nitrogens is 2. The van der Waals surface area contributed by atoms with E-state index in [0.29, 0.717) is 6.54 Å². The van der Waals surface area contributed by atoms with Crippen molar-refractivity contribution in [3.8, 4) is 0 Å². The van der Waals surface area contributed by atoms with Crippen molar-refractivity contribution in [3.63, 3.8) is 0 Å². The molecule has 3 aliphatic rings. The highest BCUT2D eigenvalue weighted by atomic mass is 16.6. The van der Waals surface area contributed by atoms with E-state index in [2.05, 4.69) is 20.6 Å². The summed E-state index contributed by atoms with van der Waals surface area (Å²) >= 11 is 0. The Morgan fingerprint density at radius 1 is 0.927 bits per heavy atom. The highest BCUT2D eigenvalue weighted by molar-refractivity contribution is 5.98. The first-order chi connectivity index (χ1) is 19.3. The van der Waals surface area contributed by atoms with E-state index in [0.717, 1.165) is 51.4 Å². The SMILES string of the molecule is CC(C)(C)OC(=O)[C@@H]1C2CCCC2CN1C(=O)C(NC(=O)[C@@H](NC(=O)c1cnccn1)C1CCCCC1)C(C)(C)C. The van der Waals surface area contributed by atoms with Crippen molar-refractivity contribution in [1.29, 1.82) is 0 Å². The molecule has 1 saturated heterocycles. The van der Waals surface area contributed by atoms with Crippen molar-refractivity contribution < 1.29 is 23.9 Å². The summed E-state index contributed by atoms with van der Waals surface area (Å²) < 4.78 is 5.78. The Balaban J connectivity index is 1.58. The average molecular weight is 570 g/mol. The van der Waals surface area contributed by atoms with Crippen LogP contribution in [0.4, 0.5) is 0 Å². The van der Waals surface area contributed by atoms with Crippen molar-refractivity contribution in [2.45, 2.75) is 117 Å². The first kappa shape index (κ1) is 30.9. The first-order valence-electron chi connectivity index (χ1n) is 15.2. The Labute approximate surface area is 243 Å². The van der Waals surface area contributed by atoms with Crippen LogP contribution in [0, 0.1) is 23.2 Å². The lowest BCUT2D eigenvalue weighted by Crippen LogP contribution is -2.61. The summed E-state index contributed by atoms with van der Waals surface area (Å²) in [5, 5.41) is 5.93. The molecule has 0 radical (unpaired) electrons. The molecule has 2 N–H and O–H groups in total. The second-order valence-electron chi connectivity index (χ2n) is 14.1. The number of likely N-dealkylation sites (tertiary alicyclic amines) is 1. The minimum Gasteiger partial charge on any atom is -0.458 e. The van der Waals surface area contributed by atoms with Gasteiger partial charge in [0.25, 0.3) is 5.91 Å². The van der Waals surface area contributed by atoms with Gasteiger partial charge in [0, 0.05) is 18.9 Å². The third-order valence-electron chi connectivity index (χ3n) is 8.71. The Bertz CT molecular complexity index is 1110. The second kappa shape index (κ2) is 12.4. The van der Waals surface area contributed by atoms with Crippen LogP contribution in [0.1, 0.15) is 103 Å². The molecule has 2 aliphatic carbocycles. The number of hydrogen-bond acceptors (Lipinski definition) is 7. The fourth-order valence-corrected chi connectivity index (χ4v) is 6.74. The summed E-state index contributed by atoms with van der Waals surface area (Å²) in [6.07, 6.45) is 11.8. The van der Waals surface area contributed by atoms with Crippen LogP contribution in [0.5, 0.6) is 0 Å². The van der Waals surface area contributed by atoms with Crippen LogP contribution in [0.15, 0.2) is 18.6 Å². The van der Waals surface area contributed by atoms with Crippen molar-refractivity contribution in [1.82, 2.24) is 25.5 Å². The third kappa shape index (κ3) is 7.43. The summed E-state index contributed by atoms with van der Waals surface area (Å²) in [6, 6.07) is -2.37. The van der Waals surface area contributed by atoms with E-state index >= 15 is 0 Å². The molecule has 3 fully saturated rings. The van der Waals surface area contributed by atoms with Gasteiger partial charge in [0.2, 0.25) is 11.8 Å². The molecule has 41 heavy (non-hydrogen) atoms. The standard InChI is InChI=1S/C31H47N5O5/c1-30(2,3)25(28(39)36-18-20-13-10-14-21(20)24(36)29(40)41-31(4,5)6)35-27(38)23(19-11-8-7-9-12-19)34-26(37)22-17-32-15-16-33-22/h15-17,19-21,23-25H,7-14,18H2,1-6H3,(H,34,37)(H,35,38)/t20?,21?,23-,24-,25?/m0/s1. The van der Waals surface area contributed by atoms with Gasteiger partial charge in [-0.3, -0.25) is 19.4 Å². The van der Waals surface area contributed by atoms with Gasteiger partial charge < -0.3 is 20.3 Å². The van der Waals surface area contributed by atoms with Crippen molar-refractivity contribution in [2.24, 2.45) is 23.2 Å². The minimum atomic E-state index is -0.890. The molecule has 4 rings (SSSR count). The fourth-order valence-electron chi connectivity index (χ4n) is 6.74. The maximum Gasteiger partial charge on any atom is 0.329 e. The van der Waals surface area contributed by atoms with Crippen LogP contribution < -0.4 is 10.6 Å². The molecule has 0 spiro atoms. The molecule has 3 unspecified atom stereocenters. The monoisotopic (exact) mass is 569 g/mol. The lowest BCUT2D eigenvalue weighted by molar-refractivity contribution is -0.165. The molecule has 2 saturated carbocycles. The van der Waals surface area contributed by atoms with Gasteiger partial charge in [0.05, 0.1) is 6.20 Å². The lowest BCUT2D eigenvalue weighted by Gasteiger charge is -2.38.